The molecule has 1 amide bonds. The van der Waals surface area contributed by atoms with E-state index in [-0.39, 0.29) is 12.3 Å². The first-order valence-electron chi connectivity index (χ1n) is 8.93. The van der Waals surface area contributed by atoms with Gasteiger partial charge in [0.15, 0.2) is 11.5 Å². The van der Waals surface area contributed by atoms with Gasteiger partial charge in [0.05, 0.1) is 25.0 Å². The van der Waals surface area contributed by atoms with E-state index in [1.807, 2.05) is 25.9 Å². The molecule has 0 saturated carbocycles. The number of imidazole rings is 1. The number of H-pyrrole nitrogens is 1. The second-order valence-electron chi connectivity index (χ2n) is 6.86. The van der Waals surface area contributed by atoms with Crippen LogP contribution in [0.2, 0.25) is 5.02 Å². The van der Waals surface area contributed by atoms with E-state index in [0.29, 0.717) is 42.8 Å². The largest absolute Gasteiger partial charge is 0.486 e. The number of nitrogens with zero attached hydrogens (tertiary/aromatic N) is 3. The predicted octanol–water partition coefficient (Wildman–Crippen LogP) is 2.28. The van der Waals surface area contributed by atoms with Gasteiger partial charge in [-0.2, -0.15) is 0 Å². The third kappa shape index (κ3) is 4.93. The van der Waals surface area contributed by atoms with Crippen LogP contribution in [0, 0.1) is 6.92 Å². The van der Waals surface area contributed by atoms with Crippen molar-refractivity contribution in [3.05, 3.63) is 40.4 Å². The maximum Gasteiger partial charge on any atom is 0.227 e. The zero-order valence-corrected chi connectivity index (χ0v) is 16.7. The normalized spacial score (nSPS) is 13.1. The summed E-state index contributed by atoms with van der Waals surface area (Å²) in [6.45, 7) is 4.79. The highest BCUT2D eigenvalue weighted by atomic mass is 35.5. The molecule has 0 atom stereocenters. The number of halogens is 1. The van der Waals surface area contributed by atoms with Gasteiger partial charge >= 0.3 is 0 Å². The smallest absolute Gasteiger partial charge is 0.227 e. The van der Waals surface area contributed by atoms with Crippen LogP contribution in [0.3, 0.4) is 0 Å². The zero-order chi connectivity index (χ0) is 19.4. The number of likely N-dealkylation sites (N-methyl/N-ethyl adjacent to an activating group) is 1. The van der Waals surface area contributed by atoms with Crippen LogP contribution in [0.4, 0.5) is 0 Å². The Hall–Kier alpha value is -2.25. The second kappa shape index (κ2) is 8.63. The minimum Gasteiger partial charge on any atom is -0.486 e. The molecule has 2 aromatic rings. The van der Waals surface area contributed by atoms with Gasteiger partial charge in [0.1, 0.15) is 13.2 Å². The number of nitrogens with one attached hydrogen (secondary N) is 1. The van der Waals surface area contributed by atoms with Crippen molar-refractivity contribution in [2.24, 2.45) is 0 Å². The molecule has 2 heterocycles. The molecular formula is C19H25ClN4O3. The molecule has 0 spiro atoms. The fourth-order valence-corrected chi connectivity index (χ4v) is 3.08. The molecule has 0 saturated heterocycles. The summed E-state index contributed by atoms with van der Waals surface area (Å²) in [5.74, 6) is 1.26. The molecule has 7 nitrogen and oxygen atoms in total. The molecule has 146 valence electrons. The van der Waals surface area contributed by atoms with E-state index in [1.165, 1.54) is 0 Å². The number of aromatic amines is 1. The van der Waals surface area contributed by atoms with Gasteiger partial charge in [-0.15, -0.1) is 0 Å². The van der Waals surface area contributed by atoms with Gasteiger partial charge in [0.2, 0.25) is 5.91 Å². The molecule has 1 N–H and O–H groups in total. The molecule has 0 unspecified atom stereocenters. The van der Waals surface area contributed by atoms with Crippen LogP contribution < -0.4 is 9.47 Å². The first kappa shape index (κ1) is 19.5. The maximum absolute atomic E-state index is 13.0. The van der Waals surface area contributed by atoms with Crippen LogP contribution >= 0.6 is 11.6 Å². The van der Waals surface area contributed by atoms with Crippen molar-refractivity contribution < 1.29 is 14.3 Å². The monoisotopic (exact) mass is 392 g/mol. The minimum atomic E-state index is -0.00201. The molecule has 0 bridgehead atoms. The van der Waals surface area contributed by atoms with Gasteiger partial charge in [-0.3, -0.25) is 4.79 Å². The fraction of sp³-hybridized carbons (Fsp3) is 0.474. The number of ether oxygens (including phenoxy) is 2. The Labute approximate surface area is 164 Å². The first-order valence-corrected chi connectivity index (χ1v) is 9.31. The number of aromatic nitrogens is 2. The van der Waals surface area contributed by atoms with Gasteiger partial charge in [-0.25, -0.2) is 4.98 Å². The van der Waals surface area contributed by atoms with Crippen LogP contribution in [0.15, 0.2) is 18.5 Å². The molecular weight excluding hydrogens is 368 g/mol. The maximum atomic E-state index is 13.0. The first-order chi connectivity index (χ1) is 12.9. The molecule has 1 aromatic carbocycles. The molecule has 0 fully saturated rings. The number of benzene rings is 1. The van der Waals surface area contributed by atoms with Crippen LogP contribution in [0.1, 0.15) is 17.0 Å². The van der Waals surface area contributed by atoms with Crippen LogP contribution in [0.25, 0.3) is 0 Å². The highest BCUT2D eigenvalue weighted by molar-refractivity contribution is 6.31. The van der Waals surface area contributed by atoms with Gasteiger partial charge in [-0.1, -0.05) is 11.6 Å². The average molecular weight is 393 g/mol. The van der Waals surface area contributed by atoms with E-state index in [9.17, 15) is 4.79 Å². The van der Waals surface area contributed by atoms with E-state index in [1.54, 1.807) is 18.5 Å². The second-order valence-corrected chi connectivity index (χ2v) is 7.26. The van der Waals surface area contributed by atoms with Crippen molar-refractivity contribution in [1.29, 1.82) is 0 Å². The van der Waals surface area contributed by atoms with Crippen molar-refractivity contribution in [2.45, 2.75) is 19.9 Å². The van der Waals surface area contributed by atoms with Gasteiger partial charge in [0.25, 0.3) is 0 Å². The molecule has 1 aliphatic heterocycles. The lowest BCUT2D eigenvalue weighted by Gasteiger charge is -2.25. The van der Waals surface area contributed by atoms with E-state index < -0.39 is 0 Å². The Bertz CT molecular complexity index is 806. The van der Waals surface area contributed by atoms with Crippen molar-refractivity contribution in [1.82, 2.24) is 19.8 Å². The third-order valence-electron chi connectivity index (χ3n) is 4.50. The molecule has 1 aromatic heterocycles. The summed E-state index contributed by atoms with van der Waals surface area (Å²) >= 11 is 6.37. The van der Waals surface area contributed by atoms with E-state index in [0.717, 1.165) is 23.5 Å². The lowest BCUT2D eigenvalue weighted by Crippen LogP contribution is -2.37. The Balaban J connectivity index is 1.76. The quantitative estimate of drug-likeness (QED) is 0.782. The lowest BCUT2D eigenvalue weighted by molar-refractivity contribution is -0.131. The predicted molar refractivity (Wildman–Crippen MR) is 103 cm³/mol. The fourth-order valence-electron chi connectivity index (χ4n) is 2.86. The molecule has 1 aliphatic rings. The van der Waals surface area contributed by atoms with Crippen molar-refractivity contribution >= 4 is 17.5 Å². The number of hydrogen-bond donors (Lipinski definition) is 1. The molecule has 8 heteroatoms. The van der Waals surface area contributed by atoms with Crippen LogP contribution in [-0.4, -0.2) is 66.1 Å². The summed E-state index contributed by atoms with van der Waals surface area (Å²) < 4.78 is 11.1. The van der Waals surface area contributed by atoms with Gasteiger partial charge in [0, 0.05) is 29.9 Å². The Morgan fingerprint density at radius 2 is 1.93 bits per heavy atom. The van der Waals surface area contributed by atoms with Crippen molar-refractivity contribution in [3.63, 3.8) is 0 Å². The summed E-state index contributed by atoms with van der Waals surface area (Å²) in [6, 6.07) is 3.53. The van der Waals surface area contributed by atoms with Crippen LogP contribution in [0.5, 0.6) is 11.5 Å². The summed E-state index contributed by atoms with van der Waals surface area (Å²) in [6.07, 6.45) is 1.85. The standard InChI is InChI=1S/C19H25ClN4O3/c1-13-16(22-12-21-13)11-24(5-4-23(2)3)19(25)9-14-8-17-18(10-15(14)20)27-7-6-26-17/h8,10,12H,4-7,9,11H2,1-3H3,(H,21,22). The van der Waals surface area contributed by atoms with Gasteiger partial charge < -0.3 is 24.3 Å². The van der Waals surface area contributed by atoms with Crippen molar-refractivity contribution in [2.75, 3.05) is 40.4 Å². The summed E-state index contributed by atoms with van der Waals surface area (Å²) in [4.78, 5) is 24.3. The molecule has 27 heavy (non-hydrogen) atoms. The average Bonchev–Trinajstić information content (AvgIpc) is 3.03. The summed E-state index contributed by atoms with van der Waals surface area (Å²) in [5.41, 5.74) is 2.57. The summed E-state index contributed by atoms with van der Waals surface area (Å²) in [5, 5.41) is 0.510. The lowest BCUT2D eigenvalue weighted by atomic mass is 10.1. The molecule has 0 radical (unpaired) electrons. The highest BCUT2D eigenvalue weighted by Crippen LogP contribution is 2.35. The number of amides is 1. The van der Waals surface area contributed by atoms with Crippen LogP contribution in [-0.2, 0) is 17.8 Å². The Morgan fingerprint density at radius 3 is 2.56 bits per heavy atom. The molecule has 0 aliphatic carbocycles. The SMILES string of the molecule is Cc1[nH]cnc1CN(CCN(C)C)C(=O)Cc1cc2c(cc1Cl)OCCO2. The van der Waals surface area contributed by atoms with Crippen molar-refractivity contribution in [3.8, 4) is 11.5 Å². The zero-order valence-electron chi connectivity index (χ0n) is 15.9. The number of carbonyl (C=O) groups is 1. The Kier molecular flexibility index (Phi) is 6.23. The minimum absolute atomic E-state index is 0.00201. The highest BCUT2D eigenvalue weighted by Gasteiger charge is 2.21. The number of hydrogen-bond acceptors (Lipinski definition) is 5. The number of rotatable bonds is 7. The van der Waals surface area contributed by atoms with Gasteiger partial charge in [-0.05, 0) is 32.6 Å². The number of fused-ring (bicyclic) bond motifs is 1. The Morgan fingerprint density at radius 1 is 1.22 bits per heavy atom. The van der Waals surface area contributed by atoms with E-state index >= 15 is 0 Å². The molecule has 3 rings (SSSR count). The van der Waals surface area contributed by atoms with E-state index in [4.69, 9.17) is 21.1 Å². The summed E-state index contributed by atoms with van der Waals surface area (Å²) in [7, 11) is 3.97. The number of carbonyl (C=O) groups excluding carboxylic acids is 1. The van der Waals surface area contributed by atoms with E-state index in [2.05, 4.69) is 14.9 Å². The topological polar surface area (TPSA) is 70.7 Å². The third-order valence-corrected chi connectivity index (χ3v) is 4.85. The number of aryl methyl sites for hydroxylation is 1.